The Morgan fingerprint density at radius 2 is 1.66 bits per heavy atom. The average molecular weight is 521 g/mol. The monoisotopic (exact) mass is 520 g/mol. The van der Waals surface area contributed by atoms with Crippen molar-refractivity contribution < 1.29 is 23.8 Å². The van der Waals surface area contributed by atoms with Crippen molar-refractivity contribution >= 4 is 29.4 Å². The molecule has 1 unspecified atom stereocenters. The molecule has 0 saturated heterocycles. The summed E-state index contributed by atoms with van der Waals surface area (Å²) in [6.07, 6.45) is 11.8. The molecule has 2 aromatic carbocycles. The lowest BCUT2D eigenvalue weighted by atomic mass is 9.95. The second-order valence-corrected chi connectivity index (χ2v) is 9.88. The lowest BCUT2D eigenvalue weighted by Crippen LogP contribution is -2.28. The molecular formula is C31H40N2O5. The Bertz CT molecular complexity index is 1070. The highest BCUT2D eigenvalue weighted by atomic mass is 16.5. The van der Waals surface area contributed by atoms with Crippen molar-refractivity contribution in [2.24, 2.45) is 0 Å². The molecule has 38 heavy (non-hydrogen) atoms. The summed E-state index contributed by atoms with van der Waals surface area (Å²) in [5, 5.41) is 0. The van der Waals surface area contributed by atoms with Crippen molar-refractivity contribution in [2.75, 3.05) is 24.7 Å². The van der Waals surface area contributed by atoms with E-state index in [9.17, 15) is 9.59 Å². The molecule has 3 rings (SSSR count). The molecule has 0 amide bonds. The van der Waals surface area contributed by atoms with Crippen LogP contribution in [-0.2, 0) is 19.0 Å². The van der Waals surface area contributed by atoms with E-state index in [0.717, 1.165) is 62.7 Å². The molecule has 7 nitrogen and oxygen atoms in total. The first-order chi connectivity index (χ1) is 18.3. The molecule has 7 heteroatoms. The summed E-state index contributed by atoms with van der Waals surface area (Å²) in [7, 11) is 0. The van der Waals surface area contributed by atoms with Crippen molar-refractivity contribution in [3.8, 4) is 0 Å². The molecule has 1 aliphatic rings. The van der Waals surface area contributed by atoms with E-state index in [4.69, 9.17) is 25.7 Å². The number of hydrogen-bond acceptors (Lipinski definition) is 7. The first-order valence-corrected chi connectivity index (χ1v) is 13.4. The summed E-state index contributed by atoms with van der Waals surface area (Å²) in [5.74, 6) is -0.822. The summed E-state index contributed by atoms with van der Waals surface area (Å²) >= 11 is 0. The van der Waals surface area contributed by atoms with Crippen LogP contribution in [0.2, 0.25) is 0 Å². The Hall–Kier alpha value is -3.58. The largest absolute Gasteiger partial charge is 0.462 e. The lowest BCUT2D eigenvalue weighted by Gasteiger charge is -2.28. The topological polar surface area (TPSA) is 114 Å². The molecule has 0 aliphatic heterocycles. The van der Waals surface area contributed by atoms with E-state index in [-0.39, 0.29) is 30.7 Å². The first kappa shape index (κ1) is 29.0. The van der Waals surface area contributed by atoms with Crippen LogP contribution >= 0.6 is 0 Å². The van der Waals surface area contributed by atoms with Gasteiger partial charge in [0.05, 0.1) is 18.3 Å². The van der Waals surface area contributed by atoms with Crippen LogP contribution in [0, 0.1) is 0 Å². The highest BCUT2D eigenvalue weighted by molar-refractivity contribution is 5.90. The zero-order chi connectivity index (χ0) is 27.3. The van der Waals surface area contributed by atoms with Gasteiger partial charge in [0.25, 0.3) is 0 Å². The van der Waals surface area contributed by atoms with Crippen molar-refractivity contribution in [3.05, 3.63) is 77.9 Å². The van der Waals surface area contributed by atoms with E-state index in [1.165, 1.54) is 6.08 Å². The minimum absolute atomic E-state index is 0.0431. The van der Waals surface area contributed by atoms with Gasteiger partial charge in [0.2, 0.25) is 0 Å². The zero-order valence-electron chi connectivity index (χ0n) is 22.3. The number of unbranched alkanes of at least 4 members (excludes halogenated alkanes) is 2. The molecule has 0 radical (unpaired) electrons. The van der Waals surface area contributed by atoms with Gasteiger partial charge in [-0.05, 0) is 92.5 Å². The predicted octanol–water partition coefficient (Wildman–Crippen LogP) is 6.05. The fourth-order valence-electron chi connectivity index (χ4n) is 4.41. The van der Waals surface area contributed by atoms with Crippen LogP contribution in [0.4, 0.5) is 11.4 Å². The van der Waals surface area contributed by atoms with E-state index in [1.54, 1.807) is 36.4 Å². The number of hydrogen-bond donors (Lipinski definition) is 2. The maximum atomic E-state index is 12.6. The highest BCUT2D eigenvalue weighted by Gasteiger charge is 2.24. The maximum absolute atomic E-state index is 12.6. The summed E-state index contributed by atoms with van der Waals surface area (Å²) in [6, 6.07) is 12.3. The quantitative estimate of drug-likeness (QED) is 0.109. The molecule has 0 bridgehead atoms. The fourth-order valence-corrected chi connectivity index (χ4v) is 4.41. The van der Waals surface area contributed by atoms with Gasteiger partial charge in [-0.25, -0.2) is 9.59 Å². The van der Waals surface area contributed by atoms with E-state index in [1.807, 2.05) is 25.1 Å². The molecule has 1 fully saturated rings. The molecule has 1 aliphatic carbocycles. The van der Waals surface area contributed by atoms with Crippen LogP contribution in [0.5, 0.6) is 0 Å². The fraction of sp³-hybridized carbons (Fsp3) is 0.419. The minimum atomic E-state index is -0.450. The van der Waals surface area contributed by atoms with E-state index in [0.29, 0.717) is 16.9 Å². The Labute approximate surface area is 225 Å². The average Bonchev–Trinajstić information content (AvgIpc) is 2.91. The number of nitrogen functional groups attached to an aromatic ring is 2. The van der Waals surface area contributed by atoms with E-state index in [2.05, 4.69) is 6.58 Å². The van der Waals surface area contributed by atoms with Crippen LogP contribution in [0.3, 0.4) is 0 Å². The van der Waals surface area contributed by atoms with Gasteiger partial charge in [0, 0.05) is 30.0 Å². The number of allylic oxidation sites excluding steroid dienone is 1. The van der Waals surface area contributed by atoms with Gasteiger partial charge in [0.15, 0.2) is 0 Å². The van der Waals surface area contributed by atoms with Gasteiger partial charge in [-0.2, -0.15) is 0 Å². The Morgan fingerprint density at radius 3 is 2.32 bits per heavy atom. The number of rotatable bonds is 13. The van der Waals surface area contributed by atoms with E-state index >= 15 is 0 Å². The second kappa shape index (κ2) is 15.0. The van der Waals surface area contributed by atoms with Gasteiger partial charge in [-0.3, -0.25) is 0 Å². The number of nitrogens with two attached hydrogens (primary N) is 2. The van der Waals surface area contributed by atoms with Crippen LogP contribution < -0.4 is 11.5 Å². The predicted molar refractivity (Wildman–Crippen MR) is 152 cm³/mol. The standard InChI is InChI=1S/C31H40N2O5/c1-3-4-5-6-17-36-28-12-14-29(15-13-28)38-31(35)24-10-7-23(8-11-24)9-16-30(34)37-21-22(2)25-18-26(32)20-27(33)19-25/h3,7-11,16,18-20,22,28-29H,1,4-6,12-15,17,21,32-33H2,2H3/b16-9+. The molecule has 204 valence electrons. The van der Waals surface area contributed by atoms with Crippen LogP contribution in [-0.4, -0.2) is 37.4 Å². The van der Waals surface area contributed by atoms with E-state index < -0.39 is 5.97 Å². The summed E-state index contributed by atoms with van der Waals surface area (Å²) < 4.78 is 17.0. The Balaban J connectivity index is 1.38. The van der Waals surface area contributed by atoms with Gasteiger partial charge in [0.1, 0.15) is 6.10 Å². The number of benzene rings is 2. The number of carbonyl (C=O) groups excluding carboxylic acids is 2. The molecule has 1 saturated carbocycles. The van der Waals surface area contributed by atoms with Crippen LogP contribution in [0.15, 0.2) is 61.2 Å². The first-order valence-electron chi connectivity index (χ1n) is 13.4. The van der Waals surface area contributed by atoms with Crippen molar-refractivity contribution in [3.63, 3.8) is 0 Å². The second-order valence-electron chi connectivity index (χ2n) is 9.88. The number of carbonyl (C=O) groups is 2. The van der Waals surface area contributed by atoms with Crippen molar-refractivity contribution in [1.29, 1.82) is 0 Å². The summed E-state index contributed by atoms with van der Waals surface area (Å²) in [5.41, 5.74) is 15.0. The number of esters is 2. The van der Waals surface area contributed by atoms with Gasteiger partial charge >= 0.3 is 11.9 Å². The Kier molecular flexibility index (Phi) is 11.4. The molecule has 0 spiro atoms. The van der Waals surface area contributed by atoms with Crippen LogP contribution in [0.25, 0.3) is 6.08 Å². The van der Waals surface area contributed by atoms with Gasteiger partial charge in [-0.1, -0.05) is 25.1 Å². The van der Waals surface area contributed by atoms with Crippen LogP contribution in [0.1, 0.15) is 79.3 Å². The molecule has 1 atom stereocenters. The molecule has 0 aromatic heterocycles. The van der Waals surface area contributed by atoms with Crippen molar-refractivity contribution in [2.45, 2.75) is 70.0 Å². The zero-order valence-corrected chi connectivity index (χ0v) is 22.3. The lowest BCUT2D eigenvalue weighted by molar-refractivity contribution is -0.138. The molecule has 4 N–H and O–H groups in total. The van der Waals surface area contributed by atoms with Gasteiger partial charge < -0.3 is 25.7 Å². The molecule has 0 heterocycles. The third kappa shape index (κ3) is 9.71. The summed E-state index contributed by atoms with van der Waals surface area (Å²) in [4.78, 5) is 24.7. The third-order valence-corrected chi connectivity index (χ3v) is 6.65. The summed E-state index contributed by atoms with van der Waals surface area (Å²) in [6.45, 7) is 6.66. The highest BCUT2D eigenvalue weighted by Crippen LogP contribution is 2.25. The van der Waals surface area contributed by atoms with Crippen molar-refractivity contribution in [1.82, 2.24) is 0 Å². The Morgan fingerprint density at radius 1 is 1.00 bits per heavy atom. The number of ether oxygens (including phenoxy) is 3. The number of anilines is 2. The smallest absolute Gasteiger partial charge is 0.338 e. The minimum Gasteiger partial charge on any atom is -0.462 e. The third-order valence-electron chi connectivity index (χ3n) is 6.65. The normalized spacial score (nSPS) is 18.1. The molecular weight excluding hydrogens is 480 g/mol. The van der Waals surface area contributed by atoms with Gasteiger partial charge in [-0.15, -0.1) is 6.58 Å². The molecule has 2 aromatic rings. The maximum Gasteiger partial charge on any atom is 0.338 e. The SMILES string of the molecule is C=CCCCCOC1CCC(OC(=O)c2ccc(/C=C/C(=O)OCC(C)c3cc(N)cc(N)c3)cc2)CC1.